The van der Waals surface area contributed by atoms with E-state index in [1.807, 2.05) is 48.5 Å². The smallest absolute Gasteiger partial charge is 0.142 e. The summed E-state index contributed by atoms with van der Waals surface area (Å²) < 4.78 is 6.13. The zero-order valence-electron chi connectivity index (χ0n) is 22.1. The number of aromatic hydroxyl groups is 2. The first-order valence-electron chi connectivity index (χ1n) is 13.5. The molecule has 1 aliphatic heterocycles. The van der Waals surface area contributed by atoms with Crippen molar-refractivity contribution in [2.75, 3.05) is 37.8 Å². The quantitative estimate of drug-likeness (QED) is 0.222. The van der Waals surface area contributed by atoms with Crippen molar-refractivity contribution in [3.8, 4) is 28.4 Å². The van der Waals surface area contributed by atoms with Gasteiger partial charge in [0.15, 0.2) is 0 Å². The number of hydrogen-bond donors (Lipinski definition) is 2. The van der Waals surface area contributed by atoms with Crippen molar-refractivity contribution in [1.29, 1.82) is 0 Å². The molecule has 0 unspecified atom stereocenters. The Morgan fingerprint density at radius 2 is 1.40 bits per heavy atom. The van der Waals surface area contributed by atoms with E-state index >= 15 is 0 Å². The molecule has 1 heterocycles. The van der Waals surface area contributed by atoms with E-state index < -0.39 is 0 Å². The van der Waals surface area contributed by atoms with Crippen molar-refractivity contribution in [2.45, 2.75) is 6.42 Å². The van der Waals surface area contributed by atoms with Gasteiger partial charge < -0.3 is 19.8 Å². The molecule has 40 heavy (non-hydrogen) atoms. The molecule has 1 aliphatic rings. The van der Waals surface area contributed by atoms with Crippen LogP contribution in [0.25, 0.3) is 21.9 Å². The largest absolute Gasteiger partial charge is 0.508 e. The van der Waals surface area contributed by atoms with E-state index in [-0.39, 0.29) is 11.5 Å². The van der Waals surface area contributed by atoms with Crippen molar-refractivity contribution >= 4 is 28.1 Å². The molecule has 2 N–H and O–H groups in total. The molecule has 5 aromatic carbocycles. The second-order valence-corrected chi connectivity index (χ2v) is 10.7. The fraction of sp³-hybridized carbons (Fsp3) is 0.176. The van der Waals surface area contributed by atoms with Gasteiger partial charge in [-0.05, 0) is 100 Å². The van der Waals surface area contributed by atoms with E-state index in [1.54, 1.807) is 24.3 Å². The topological polar surface area (TPSA) is 56.2 Å². The molecule has 202 valence electrons. The minimum absolute atomic E-state index is 0.245. The van der Waals surface area contributed by atoms with E-state index in [0.29, 0.717) is 6.73 Å². The molecule has 0 spiro atoms. The molecule has 0 aliphatic carbocycles. The Morgan fingerprint density at radius 3 is 2.12 bits per heavy atom. The second-order valence-electron chi connectivity index (χ2n) is 10.2. The molecule has 0 radical (unpaired) electrons. The first kappa shape index (κ1) is 26.1. The highest BCUT2D eigenvalue weighted by molar-refractivity contribution is 6.30. The summed E-state index contributed by atoms with van der Waals surface area (Å²) in [6, 6.07) is 33.3. The maximum Gasteiger partial charge on any atom is 0.142 e. The van der Waals surface area contributed by atoms with Crippen molar-refractivity contribution in [1.82, 2.24) is 4.90 Å². The third kappa shape index (κ3) is 5.86. The molecule has 6 rings (SSSR count). The standard InChI is InChI=1S/C34H31ClN2O3/c35-27-6-8-28(9-7-27)37-19-17-36(18-20-37)23-40-31-13-1-24(2-14-31)21-34-32(25-3-10-29(38)11-4-25)15-5-26-22-30(39)12-16-33(26)34/h1-16,22,38-39H,17-21,23H2. The number of halogens is 1. The maximum absolute atomic E-state index is 10.0. The molecule has 0 saturated carbocycles. The Bertz CT molecular complexity index is 1590. The lowest BCUT2D eigenvalue weighted by molar-refractivity contribution is 0.120. The average Bonchev–Trinajstić information content (AvgIpc) is 2.98. The van der Waals surface area contributed by atoms with Crippen LogP contribution in [-0.2, 0) is 6.42 Å². The highest BCUT2D eigenvalue weighted by Gasteiger charge is 2.18. The number of phenols is 2. The summed E-state index contributed by atoms with van der Waals surface area (Å²) in [7, 11) is 0. The van der Waals surface area contributed by atoms with Crippen molar-refractivity contribution in [3.63, 3.8) is 0 Å². The molecule has 0 atom stereocenters. The van der Waals surface area contributed by atoms with Crippen LogP contribution in [0.5, 0.6) is 17.2 Å². The Kier molecular flexibility index (Phi) is 7.49. The van der Waals surface area contributed by atoms with Gasteiger partial charge in [-0.15, -0.1) is 0 Å². The molecule has 1 saturated heterocycles. The minimum atomic E-state index is 0.245. The first-order valence-corrected chi connectivity index (χ1v) is 13.9. The number of fused-ring (bicyclic) bond motifs is 1. The number of ether oxygens (including phenoxy) is 1. The Labute approximate surface area is 239 Å². The zero-order valence-corrected chi connectivity index (χ0v) is 22.9. The van der Waals surface area contributed by atoms with E-state index in [9.17, 15) is 10.2 Å². The second kappa shape index (κ2) is 11.5. The first-order chi connectivity index (χ1) is 19.5. The predicted molar refractivity (Wildman–Crippen MR) is 163 cm³/mol. The molecule has 0 bridgehead atoms. The number of hydrogen-bond acceptors (Lipinski definition) is 5. The van der Waals surface area contributed by atoms with Crippen LogP contribution in [-0.4, -0.2) is 48.0 Å². The molecule has 0 amide bonds. The predicted octanol–water partition coefficient (Wildman–Crippen LogP) is 7.32. The monoisotopic (exact) mass is 550 g/mol. The van der Waals surface area contributed by atoms with Crippen LogP contribution in [0.1, 0.15) is 11.1 Å². The summed E-state index contributed by atoms with van der Waals surface area (Å²) in [5.41, 5.74) is 5.70. The summed E-state index contributed by atoms with van der Waals surface area (Å²) in [6.45, 7) is 4.35. The summed E-state index contributed by atoms with van der Waals surface area (Å²) in [6.07, 6.45) is 0.727. The van der Waals surface area contributed by atoms with Gasteiger partial charge in [-0.25, -0.2) is 0 Å². The molecular weight excluding hydrogens is 520 g/mol. The van der Waals surface area contributed by atoms with Gasteiger partial charge in [-0.2, -0.15) is 0 Å². The summed E-state index contributed by atoms with van der Waals surface area (Å²) in [4.78, 5) is 4.71. The van der Waals surface area contributed by atoms with Crippen molar-refractivity contribution in [2.24, 2.45) is 0 Å². The van der Waals surface area contributed by atoms with Gasteiger partial charge in [0.25, 0.3) is 0 Å². The van der Waals surface area contributed by atoms with Gasteiger partial charge in [0, 0.05) is 36.9 Å². The van der Waals surface area contributed by atoms with Gasteiger partial charge >= 0.3 is 0 Å². The normalized spacial score (nSPS) is 14.0. The van der Waals surface area contributed by atoms with Crippen LogP contribution in [0.4, 0.5) is 5.69 Å². The summed E-state index contributed by atoms with van der Waals surface area (Å²) in [5.74, 6) is 1.35. The Hall–Kier alpha value is -4.19. The van der Waals surface area contributed by atoms with Crippen LogP contribution in [0.15, 0.2) is 103 Å². The van der Waals surface area contributed by atoms with Gasteiger partial charge in [-0.3, -0.25) is 4.90 Å². The van der Waals surface area contributed by atoms with Crippen LogP contribution >= 0.6 is 11.6 Å². The molecule has 1 fully saturated rings. The van der Waals surface area contributed by atoms with Crippen molar-refractivity contribution in [3.05, 3.63) is 119 Å². The fourth-order valence-corrected chi connectivity index (χ4v) is 5.47. The average molecular weight is 551 g/mol. The van der Waals surface area contributed by atoms with Crippen LogP contribution < -0.4 is 9.64 Å². The zero-order chi connectivity index (χ0) is 27.5. The molecule has 5 aromatic rings. The van der Waals surface area contributed by atoms with E-state index in [2.05, 4.69) is 40.1 Å². The van der Waals surface area contributed by atoms with Gasteiger partial charge in [-0.1, -0.05) is 54.1 Å². The van der Waals surface area contributed by atoms with E-state index in [1.165, 1.54) is 16.8 Å². The van der Waals surface area contributed by atoms with E-state index in [4.69, 9.17) is 16.3 Å². The lowest BCUT2D eigenvalue weighted by Crippen LogP contribution is -2.47. The van der Waals surface area contributed by atoms with Crippen molar-refractivity contribution < 1.29 is 14.9 Å². The number of nitrogens with zero attached hydrogens (tertiary/aromatic N) is 2. The number of phenolic OH excluding ortho intramolecular Hbond substituents is 2. The number of piperazine rings is 1. The number of anilines is 1. The molecule has 0 aromatic heterocycles. The lowest BCUT2D eigenvalue weighted by atomic mass is 9.90. The van der Waals surface area contributed by atoms with Gasteiger partial charge in [0.2, 0.25) is 0 Å². The highest BCUT2D eigenvalue weighted by atomic mass is 35.5. The molecule has 5 nitrogen and oxygen atoms in total. The third-order valence-corrected chi connectivity index (χ3v) is 7.83. The van der Waals surface area contributed by atoms with E-state index in [0.717, 1.165) is 65.3 Å². The third-order valence-electron chi connectivity index (χ3n) is 7.58. The minimum Gasteiger partial charge on any atom is -0.508 e. The Morgan fingerprint density at radius 1 is 0.700 bits per heavy atom. The van der Waals surface area contributed by atoms with Crippen LogP contribution in [0.3, 0.4) is 0 Å². The Balaban J connectivity index is 1.13. The lowest BCUT2D eigenvalue weighted by Gasteiger charge is -2.35. The SMILES string of the molecule is Oc1ccc(-c2ccc3cc(O)ccc3c2Cc2ccc(OCN3CCN(c4ccc(Cl)cc4)CC3)cc2)cc1. The van der Waals surface area contributed by atoms with Gasteiger partial charge in [0.1, 0.15) is 24.0 Å². The number of rotatable bonds is 7. The number of benzene rings is 5. The summed E-state index contributed by atoms with van der Waals surface area (Å²) in [5, 5.41) is 22.7. The van der Waals surface area contributed by atoms with Crippen LogP contribution in [0, 0.1) is 0 Å². The molecular formula is C34H31ClN2O3. The highest BCUT2D eigenvalue weighted by Crippen LogP contribution is 2.34. The fourth-order valence-electron chi connectivity index (χ4n) is 5.34. The molecule has 6 heteroatoms. The van der Waals surface area contributed by atoms with Crippen LogP contribution in [0.2, 0.25) is 5.02 Å². The maximum atomic E-state index is 10.0. The summed E-state index contributed by atoms with van der Waals surface area (Å²) >= 11 is 6.03. The van der Waals surface area contributed by atoms with Gasteiger partial charge in [0.05, 0.1) is 0 Å².